The van der Waals surface area contributed by atoms with Crippen molar-refractivity contribution in [3.8, 4) is 0 Å². The highest BCUT2D eigenvalue weighted by atomic mass is 16.7. The second-order valence-electron chi connectivity index (χ2n) is 9.84. The summed E-state index contributed by atoms with van der Waals surface area (Å²) in [4.78, 5) is 31.2. The third kappa shape index (κ3) is 16.7. The van der Waals surface area contributed by atoms with Gasteiger partial charge in [0.2, 0.25) is 0 Å². The summed E-state index contributed by atoms with van der Waals surface area (Å²) in [5.41, 5.74) is -0.409. The molecule has 0 radical (unpaired) electrons. The van der Waals surface area contributed by atoms with E-state index in [1.165, 1.54) is 13.8 Å². The second-order valence-corrected chi connectivity index (χ2v) is 9.84. The van der Waals surface area contributed by atoms with E-state index >= 15 is 0 Å². The monoisotopic (exact) mass is 404 g/mol. The first kappa shape index (κ1) is 28.7. The fourth-order valence-electron chi connectivity index (χ4n) is 1.54. The molecular weight excluding hydrogens is 364 g/mol. The predicted octanol–water partition coefficient (Wildman–Crippen LogP) is 4.12. The normalized spacial score (nSPS) is 15.0. The van der Waals surface area contributed by atoms with E-state index in [9.17, 15) is 14.4 Å². The van der Waals surface area contributed by atoms with E-state index in [2.05, 4.69) is 20.8 Å². The molecule has 0 aromatic heterocycles. The van der Waals surface area contributed by atoms with E-state index in [1.54, 1.807) is 0 Å². The van der Waals surface area contributed by atoms with Crippen LogP contribution in [0.5, 0.6) is 0 Å². The summed E-state index contributed by atoms with van der Waals surface area (Å²) >= 11 is 0. The van der Waals surface area contributed by atoms with Crippen molar-refractivity contribution in [3.05, 3.63) is 0 Å². The molecule has 1 aliphatic rings. The molecule has 0 aromatic rings. The molecule has 28 heavy (non-hydrogen) atoms. The Morgan fingerprint density at radius 2 is 1.18 bits per heavy atom. The highest BCUT2D eigenvalue weighted by Gasteiger charge is 2.30. The zero-order chi connectivity index (χ0) is 22.8. The average Bonchev–Trinajstić information content (AvgIpc) is 2.99. The Labute approximate surface area is 170 Å². The summed E-state index contributed by atoms with van der Waals surface area (Å²) in [6.07, 6.45) is 0.132. The largest absolute Gasteiger partial charge is 0.425 e. The molecule has 0 amide bonds. The number of hydrogen-bond donors (Lipinski definition) is 0. The Balaban J connectivity index is 0. The van der Waals surface area contributed by atoms with Gasteiger partial charge in [0.05, 0.1) is 13.2 Å². The van der Waals surface area contributed by atoms with Gasteiger partial charge in [-0.2, -0.15) is 0 Å². The summed E-state index contributed by atoms with van der Waals surface area (Å²) < 4.78 is 20.3. The van der Waals surface area contributed by atoms with Crippen molar-refractivity contribution in [2.24, 2.45) is 16.2 Å². The van der Waals surface area contributed by atoms with Crippen LogP contribution in [0.3, 0.4) is 0 Å². The summed E-state index contributed by atoms with van der Waals surface area (Å²) in [6.45, 7) is 21.5. The molecule has 0 atom stereocenters. The Morgan fingerprint density at radius 1 is 0.857 bits per heavy atom. The zero-order valence-electron chi connectivity index (χ0n) is 19.5. The summed E-state index contributed by atoms with van der Waals surface area (Å²) in [5.74, 6) is -0.914. The molecule has 1 heterocycles. The number of ether oxygens (including phenoxy) is 4. The molecule has 1 saturated heterocycles. The molecule has 166 valence electrons. The number of rotatable bonds is 2. The molecule has 0 aliphatic carbocycles. The predicted molar refractivity (Wildman–Crippen MR) is 107 cm³/mol. The first-order chi connectivity index (χ1) is 12.4. The minimum Gasteiger partial charge on any atom is -0.425 e. The van der Waals surface area contributed by atoms with Crippen LogP contribution in [0.25, 0.3) is 0 Å². The quantitative estimate of drug-likeness (QED) is 0.388. The van der Waals surface area contributed by atoms with Crippen LogP contribution in [-0.2, 0) is 33.3 Å². The van der Waals surface area contributed by atoms with E-state index in [4.69, 9.17) is 18.9 Å². The first-order valence-corrected chi connectivity index (χ1v) is 9.44. The van der Waals surface area contributed by atoms with Gasteiger partial charge in [-0.25, -0.2) is 0 Å². The van der Waals surface area contributed by atoms with Crippen LogP contribution in [-0.4, -0.2) is 44.0 Å². The molecule has 1 fully saturated rings. The summed E-state index contributed by atoms with van der Waals surface area (Å²) in [6, 6.07) is 0. The van der Waals surface area contributed by atoms with Crippen molar-refractivity contribution >= 4 is 18.2 Å². The van der Waals surface area contributed by atoms with E-state index in [1.807, 2.05) is 41.5 Å². The minimum absolute atomic E-state index is 0.0116. The molecule has 7 heteroatoms. The number of esters is 2. The summed E-state index contributed by atoms with van der Waals surface area (Å²) in [7, 11) is 0. The molecule has 0 bridgehead atoms. The molecule has 1 aliphatic heterocycles. The second kappa shape index (κ2) is 12.2. The molecule has 1 rings (SSSR count). The van der Waals surface area contributed by atoms with Gasteiger partial charge in [0.15, 0.2) is 6.29 Å². The topological polar surface area (TPSA) is 88.1 Å². The highest BCUT2D eigenvalue weighted by molar-refractivity contribution is 5.68. The van der Waals surface area contributed by atoms with Crippen LogP contribution >= 0.6 is 0 Å². The smallest absolute Gasteiger partial charge is 0.305 e. The van der Waals surface area contributed by atoms with Crippen LogP contribution < -0.4 is 0 Å². The Bertz CT molecular complexity index is 456. The third-order valence-electron chi connectivity index (χ3n) is 2.94. The lowest BCUT2D eigenvalue weighted by atomic mass is 9.96. The van der Waals surface area contributed by atoms with E-state index in [0.717, 1.165) is 19.5 Å². The van der Waals surface area contributed by atoms with E-state index in [0.29, 0.717) is 0 Å². The Hall–Kier alpha value is -1.47. The highest BCUT2D eigenvalue weighted by Crippen LogP contribution is 2.25. The van der Waals surface area contributed by atoms with Crippen molar-refractivity contribution in [1.82, 2.24) is 0 Å². The van der Waals surface area contributed by atoms with Gasteiger partial charge in [-0.3, -0.25) is 9.59 Å². The average molecular weight is 405 g/mol. The lowest BCUT2D eigenvalue weighted by molar-refractivity contribution is -0.204. The van der Waals surface area contributed by atoms with Crippen molar-refractivity contribution in [2.45, 2.75) is 88.7 Å². The number of carbonyl (C=O) groups is 3. The Morgan fingerprint density at radius 3 is 1.32 bits per heavy atom. The van der Waals surface area contributed by atoms with Gasteiger partial charge < -0.3 is 23.7 Å². The number of hydrogen-bond acceptors (Lipinski definition) is 7. The molecule has 0 saturated carbocycles. The van der Waals surface area contributed by atoms with Crippen molar-refractivity contribution in [1.29, 1.82) is 0 Å². The first-order valence-electron chi connectivity index (χ1n) is 9.44. The maximum Gasteiger partial charge on any atom is 0.305 e. The van der Waals surface area contributed by atoms with Crippen molar-refractivity contribution in [3.63, 3.8) is 0 Å². The fourth-order valence-corrected chi connectivity index (χ4v) is 1.54. The van der Waals surface area contributed by atoms with Crippen LogP contribution in [0.4, 0.5) is 0 Å². The van der Waals surface area contributed by atoms with Gasteiger partial charge >= 0.3 is 11.9 Å². The molecule has 0 unspecified atom stereocenters. The van der Waals surface area contributed by atoms with Crippen LogP contribution in [0.15, 0.2) is 0 Å². The van der Waals surface area contributed by atoms with Gasteiger partial charge in [0.1, 0.15) is 6.29 Å². The van der Waals surface area contributed by atoms with Gasteiger partial charge in [-0.15, -0.1) is 0 Å². The minimum atomic E-state index is -0.817. The molecule has 0 spiro atoms. The molecule has 7 nitrogen and oxygen atoms in total. The van der Waals surface area contributed by atoms with Gasteiger partial charge in [-0.05, 0) is 0 Å². The molecular formula is C21H40O7. The number of carbonyl (C=O) groups excluding carboxylic acids is 3. The zero-order valence-corrected chi connectivity index (χ0v) is 19.5. The van der Waals surface area contributed by atoms with Crippen molar-refractivity contribution in [2.75, 3.05) is 13.2 Å². The van der Waals surface area contributed by atoms with E-state index < -0.39 is 23.6 Å². The number of aldehydes is 1. The van der Waals surface area contributed by atoms with Gasteiger partial charge in [0, 0.05) is 30.1 Å². The third-order valence-corrected chi connectivity index (χ3v) is 2.94. The SMILES string of the molecule is CC(=O)OC(OC(C)=O)C(C)(C)C.CC(C)(C)C1OCCO1.CC(C)(C)C=O. The maximum absolute atomic E-state index is 10.7. The van der Waals surface area contributed by atoms with Crippen LogP contribution in [0.1, 0.15) is 76.2 Å². The maximum atomic E-state index is 10.7. The summed E-state index contributed by atoms with van der Waals surface area (Å²) in [5, 5.41) is 0. The van der Waals surface area contributed by atoms with Gasteiger partial charge in [0.25, 0.3) is 6.29 Å². The Kier molecular flexibility index (Phi) is 12.5. The molecule has 0 aromatic carbocycles. The van der Waals surface area contributed by atoms with Crippen molar-refractivity contribution < 1.29 is 33.3 Å². The van der Waals surface area contributed by atoms with Crippen LogP contribution in [0, 0.1) is 16.2 Å². The lowest BCUT2D eigenvalue weighted by Crippen LogP contribution is -2.34. The lowest BCUT2D eigenvalue weighted by Gasteiger charge is -2.28. The van der Waals surface area contributed by atoms with Gasteiger partial charge in [-0.1, -0.05) is 62.3 Å². The molecule has 0 N–H and O–H groups in total. The standard InChI is InChI=1S/C9H16O4.C7H14O2.C5H10O/c1-6(10)12-8(9(3,4)5)13-7(2)11;1-7(2,3)6-8-4-5-9-6;1-5(2,3)4-6/h8H,1-5H3;6H,4-5H2,1-3H3;4H,1-3H3. The van der Waals surface area contributed by atoms with E-state index in [-0.39, 0.29) is 17.1 Å². The van der Waals surface area contributed by atoms with Crippen LogP contribution in [0.2, 0.25) is 0 Å². The fraction of sp³-hybridized carbons (Fsp3) is 0.857.